The van der Waals surface area contributed by atoms with Gasteiger partial charge in [0.05, 0.1) is 0 Å². The third-order valence-corrected chi connectivity index (χ3v) is 2.41. The van der Waals surface area contributed by atoms with Crippen molar-refractivity contribution in [3.8, 4) is 0 Å². The Labute approximate surface area is 86.8 Å². The fourth-order valence-corrected chi connectivity index (χ4v) is 1.31. The van der Waals surface area contributed by atoms with Crippen LogP contribution in [0.25, 0.3) is 0 Å². The van der Waals surface area contributed by atoms with E-state index in [0.29, 0.717) is 0 Å². The van der Waals surface area contributed by atoms with Crippen molar-refractivity contribution < 1.29 is 0 Å². The Morgan fingerprint density at radius 3 is 2.64 bits per heavy atom. The van der Waals surface area contributed by atoms with Gasteiger partial charge in [-0.15, -0.1) is 0 Å². The van der Waals surface area contributed by atoms with Gasteiger partial charge in [0.25, 0.3) is 0 Å². The topological polar surface area (TPSA) is 12.0 Å². The van der Waals surface area contributed by atoms with Crippen molar-refractivity contribution in [3.63, 3.8) is 0 Å². The Balaban J connectivity index is 2.68. The average Bonchev–Trinajstić information content (AvgIpc) is 2.12. The highest BCUT2D eigenvalue weighted by molar-refractivity contribution is 5.53. The molecule has 0 aliphatic rings. The minimum Gasteiger partial charge on any atom is -0.381 e. The van der Waals surface area contributed by atoms with Crippen molar-refractivity contribution in [1.29, 1.82) is 0 Å². The quantitative estimate of drug-likeness (QED) is 0.715. The molecule has 1 nitrogen and oxygen atoms in total. The van der Waals surface area contributed by atoms with Gasteiger partial charge >= 0.3 is 0 Å². The van der Waals surface area contributed by atoms with Crippen LogP contribution in [0.2, 0.25) is 0 Å². The van der Waals surface area contributed by atoms with Crippen LogP contribution in [0.5, 0.6) is 0 Å². The SMILES string of the molecule is CC(C)=CCNc1cccc(C)c1C. The van der Waals surface area contributed by atoms with Crippen LogP contribution < -0.4 is 5.32 Å². The van der Waals surface area contributed by atoms with Crippen LogP contribution in [0.3, 0.4) is 0 Å². The molecule has 0 radical (unpaired) electrons. The smallest absolute Gasteiger partial charge is 0.0375 e. The number of rotatable bonds is 3. The molecule has 0 aromatic heterocycles. The summed E-state index contributed by atoms with van der Waals surface area (Å²) in [6, 6.07) is 6.36. The number of aryl methyl sites for hydroxylation is 1. The molecule has 0 saturated carbocycles. The zero-order valence-corrected chi connectivity index (χ0v) is 9.52. The fraction of sp³-hybridized carbons (Fsp3) is 0.385. The number of hydrogen-bond acceptors (Lipinski definition) is 1. The van der Waals surface area contributed by atoms with E-state index < -0.39 is 0 Å². The Morgan fingerprint density at radius 2 is 2.00 bits per heavy atom. The van der Waals surface area contributed by atoms with E-state index in [1.807, 2.05) is 0 Å². The summed E-state index contributed by atoms with van der Waals surface area (Å²) in [4.78, 5) is 0. The van der Waals surface area contributed by atoms with Crippen LogP contribution in [0.4, 0.5) is 5.69 Å². The van der Waals surface area contributed by atoms with Gasteiger partial charge in [-0.3, -0.25) is 0 Å². The molecule has 0 aliphatic carbocycles. The summed E-state index contributed by atoms with van der Waals surface area (Å²) < 4.78 is 0. The van der Waals surface area contributed by atoms with E-state index >= 15 is 0 Å². The molecule has 1 aromatic rings. The maximum Gasteiger partial charge on any atom is 0.0375 e. The minimum atomic E-state index is 0.909. The van der Waals surface area contributed by atoms with E-state index in [1.165, 1.54) is 22.4 Å². The van der Waals surface area contributed by atoms with Crippen LogP contribution in [0.15, 0.2) is 29.8 Å². The molecule has 0 saturated heterocycles. The van der Waals surface area contributed by atoms with Crippen molar-refractivity contribution in [3.05, 3.63) is 41.0 Å². The zero-order valence-electron chi connectivity index (χ0n) is 9.52. The molecule has 0 fully saturated rings. The van der Waals surface area contributed by atoms with Gasteiger partial charge in [-0.1, -0.05) is 23.8 Å². The van der Waals surface area contributed by atoms with Crippen LogP contribution >= 0.6 is 0 Å². The first-order chi connectivity index (χ1) is 6.61. The molecule has 0 bridgehead atoms. The number of benzene rings is 1. The van der Waals surface area contributed by atoms with Gasteiger partial charge in [0, 0.05) is 12.2 Å². The Morgan fingerprint density at radius 1 is 1.29 bits per heavy atom. The first-order valence-electron chi connectivity index (χ1n) is 5.04. The van der Waals surface area contributed by atoms with Crippen molar-refractivity contribution in [2.24, 2.45) is 0 Å². The molecule has 14 heavy (non-hydrogen) atoms. The van der Waals surface area contributed by atoms with Crippen LogP contribution in [0.1, 0.15) is 25.0 Å². The monoisotopic (exact) mass is 189 g/mol. The predicted molar refractivity (Wildman–Crippen MR) is 63.8 cm³/mol. The molecule has 1 rings (SSSR count). The molecule has 0 heterocycles. The highest BCUT2D eigenvalue weighted by atomic mass is 14.9. The highest BCUT2D eigenvalue weighted by Crippen LogP contribution is 2.17. The molecule has 0 amide bonds. The van der Waals surface area contributed by atoms with Gasteiger partial charge in [-0.05, 0) is 44.9 Å². The lowest BCUT2D eigenvalue weighted by Crippen LogP contribution is -2.01. The van der Waals surface area contributed by atoms with E-state index in [2.05, 4.69) is 57.3 Å². The summed E-state index contributed by atoms with van der Waals surface area (Å²) in [7, 11) is 0. The molecular weight excluding hydrogens is 170 g/mol. The molecule has 0 aliphatic heterocycles. The lowest BCUT2D eigenvalue weighted by atomic mass is 10.1. The minimum absolute atomic E-state index is 0.909. The highest BCUT2D eigenvalue weighted by Gasteiger charge is 1.97. The molecular formula is C13H19N. The van der Waals surface area contributed by atoms with Gasteiger partial charge in [0.1, 0.15) is 0 Å². The number of hydrogen-bond donors (Lipinski definition) is 1. The standard InChI is InChI=1S/C13H19N/c1-10(2)8-9-14-13-7-5-6-11(3)12(13)4/h5-8,14H,9H2,1-4H3. The first kappa shape index (κ1) is 10.8. The summed E-state index contributed by atoms with van der Waals surface area (Å²) >= 11 is 0. The lowest BCUT2D eigenvalue weighted by Gasteiger charge is -2.09. The van der Waals surface area contributed by atoms with E-state index in [4.69, 9.17) is 0 Å². The molecule has 0 spiro atoms. The fourth-order valence-electron chi connectivity index (χ4n) is 1.31. The summed E-state index contributed by atoms with van der Waals surface area (Å²) in [5.41, 5.74) is 5.27. The summed E-state index contributed by atoms with van der Waals surface area (Å²) in [5, 5.41) is 3.41. The maximum atomic E-state index is 3.41. The second-order valence-corrected chi connectivity index (χ2v) is 3.91. The van der Waals surface area contributed by atoms with Crippen molar-refractivity contribution >= 4 is 5.69 Å². The van der Waals surface area contributed by atoms with Crippen molar-refractivity contribution in [2.75, 3.05) is 11.9 Å². The second kappa shape index (κ2) is 4.85. The van der Waals surface area contributed by atoms with Gasteiger partial charge in [-0.2, -0.15) is 0 Å². The molecule has 1 aromatic carbocycles. The Hall–Kier alpha value is -1.24. The number of anilines is 1. The van der Waals surface area contributed by atoms with E-state index in [-0.39, 0.29) is 0 Å². The second-order valence-electron chi connectivity index (χ2n) is 3.91. The van der Waals surface area contributed by atoms with Crippen LogP contribution in [-0.4, -0.2) is 6.54 Å². The summed E-state index contributed by atoms with van der Waals surface area (Å²) in [6.45, 7) is 9.43. The van der Waals surface area contributed by atoms with E-state index in [1.54, 1.807) is 0 Å². The van der Waals surface area contributed by atoms with Crippen molar-refractivity contribution in [2.45, 2.75) is 27.7 Å². The van der Waals surface area contributed by atoms with Gasteiger partial charge in [0.2, 0.25) is 0 Å². The predicted octanol–water partition coefficient (Wildman–Crippen LogP) is 3.68. The van der Waals surface area contributed by atoms with Gasteiger partial charge in [-0.25, -0.2) is 0 Å². The largest absolute Gasteiger partial charge is 0.381 e. The molecule has 0 atom stereocenters. The summed E-state index contributed by atoms with van der Waals surface area (Å²) in [6.07, 6.45) is 2.20. The Kier molecular flexibility index (Phi) is 3.75. The molecule has 0 unspecified atom stereocenters. The normalized spacial score (nSPS) is 9.71. The van der Waals surface area contributed by atoms with Gasteiger partial charge in [0.15, 0.2) is 0 Å². The first-order valence-corrected chi connectivity index (χ1v) is 5.04. The number of allylic oxidation sites excluding steroid dienone is 1. The van der Waals surface area contributed by atoms with Crippen LogP contribution in [-0.2, 0) is 0 Å². The third kappa shape index (κ3) is 2.91. The van der Waals surface area contributed by atoms with E-state index in [9.17, 15) is 0 Å². The number of nitrogens with one attached hydrogen (secondary N) is 1. The lowest BCUT2D eigenvalue weighted by molar-refractivity contribution is 1.23. The Bertz CT molecular complexity index is 333. The van der Waals surface area contributed by atoms with Crippen LogP contribution in [0, 0.1) is 13.8 Å². The van der Waals surface area contributed by atoms with Crippen molar-refractivity contribution in [1.82, 2.24) is 0 Å². The maximum absolute atomic E-state index is 3.41. The van der Waals surface area contributed by atoms with Gasteiger partial charge < -0.3 is 5.32 Å². The average molecular weight is 189 g/mol. The third-order valence-electron chi connectivity index (χ3n) is 2.41. The molecule has 1 heteroatoms. The molecule has 1 N–H and O–H groups in total. The summed E-state index contributed by atoms with van der Waals surface area (Å²) in [5.74, 6) is 0. The zero-order chi connectivity index (χ0) is 10.6. The van der Waals surface area contributed by atoms with E-state index in [0.717, 1.165) is 6.54 Å². The molecule has 76 valence electrons.